The quantitative estimate of drug-likeness (QED) is 0.870. The minimum Gasteiger partial charge on any atom is -0.481 e. The zero-order valence-electron chi connectivity index (χ0n) is 10.8. The van der Waals surface area contributed by atoms with Crippen molar-refractivity contribution < 1.29 is 14.4 Å². The summed E-state index contributed by atoms with van der Waals surface area (Å²) in [5.41, 5.74) is 0.893. The Morgan fingerprint density at radius 2 is 2.44 bits per heavy atom. The van der Waals surface area contributed by atoms with Crippen molar-refractivity contribution in [1.82, 2.24) is 10.1 Å². The molecular formula is C13H20N2O3. The number of aromatic nitrogens is 1. The standard InChI is InChI=1S/C13H20N2O3/c1-10-8-12(18-14-10)9-15-7-3-2-4-11(15)5-6-13(16)17/h8,11H,2-7,9H2,1H3,(H,16,17). The van der Waals surface area contributed by atoms with Crippen LogP contribution in [0.5, 0.6) is 0 Å². The van der Waals surface area contributed by atoms with E-state index in [1.807, 2.05) is 13.0 Å². The fourth-order valence-electron chi connectivity index (χ4n) is 2.58. The van der Waals surface area contributed by atoms with Gasteiger partial charge in [0.2, 0.25) is 0 Å². The van der Waals surface area contributed by atoms with Crippen LogP contribution in [0.1, 0.15) is 43.6 Å². The van der Waals surface area contributed by atoms with Crippen LogP contribution in [0, 0.1) is 6.92 Å². The molecule has 1 fully saturated rings. The number of rotatable bonds is 5. The predicted molar refractivity (Wildman–Crippen MR) is 66.2 cm³/mol. The summed E-state index contributed by atoms with van der Waals surface area (Å²) < 4.78 is 5.23. The van der Waals surface area contributed by atoms with Gasteiger partial charge in [0.15, 0.2) is 5.76 Å². The maximum Gasteiger partial charge on any atom is 0.303 e. The monoisotopic (exact) mass is 252 g/mol. The van der Waals surface area contributed by atoms with Crippen molar-refractivity contribution in [3.63, 3.8) is 0 Å². The van der Waals surface area contributed by atoms with Gasteiger partial charge >= 0.3 is 5.97 Å². The van der Waals surface area contributed by atoms with E-state index in [0.717, 1.165) is 37.4 Å². The molecular weight excluding hydrogens is 232 g/mol. The van der Waals surface area contributed by atoms with Crippen LogP contribution in [0.4, 0.5) is 0 Å². The first-order valence-electron chi connectivity index (χ1n) is 6.53. The fraction of sp³-hybridized carbons (Fsp3) is 0.692. The normalized spacial score (nSPS) is 21.1. The van der Waals surface area contributed by atoms with Crippen molar-refractivity contribution in [1.29, 1.82) is 0 Å². The largest absolute Gasteiger partial charge is 0.481 e. The zero-order chi connectivity index (χ0) is 13.0. The van der Waals surface area contributed by atoms with E-state index in [2.05, 4.69) is 10.1 Å². The molecule has 1 N–H and O–H groups in total. The summed E-state index contributed by atoms with van der Waals surface area (Å²) in [4.78, 5) is 13.0. The number of carboxylic acid groups (broad SMARTS) is 1. The van der Waals surface area contributed by atoms with E-state index >= 15 is 0 Å². The number of carboxylic acids is 1. The Labute approximate surface area is 107 Å². The fourth-order valence-corrected chi connectivity index (χ4v) is 2.58. The Morgan fingerprint density at radius 3 is 3.11 bits per heavy atom. The summed E-state index contributed by atoms with van der Waals surface area (Å²) in [6.45, 7) is 3.67. The Balaban J connectivity index is 1.92. The van der Waals surface area contributed by atoms with Crippen molar-refractivity contribution >= 4 is 5.97 Å². The maximum absolute atomic E-state index is 10.7. The molecule has 2 heterocycles. The Kier molecular flexibility index (Phi) is 4.36. The van der Waals surface area contributed by atoms with E-state index in [-0.39, 0.29) is 6.42 Å². The molecule has 0 radical (unpaired) electrons. The van der Waals surface area contributed by atoms with Crippen LogP contribution < -0.4 is 0 Å². The third kappa shape index (κ3) is 3.57. The SMILES string of the molecule is Cc1cc(CN2CCCCC2CCC(=O)O)on1. The second-order valence-corrected chi connectivity index (χ2v) is 4.99. The summed E-state index contributed by atoms with van der Waals surface area (Å²) in [6.07, 6.45) is 4.42. The highest BCUT2D eigenvalue weighted by Crippen LogP contribution is 2.23. The molecule has 0 bridgehead atoms. The van der Waals surface area contributed by atoms with Crippen LogP contribution in [0.15, 0.2) is 10.6 Å². The minimum absolute atomic E-state index is 0.247. The van der Waals surface area contributed by atoms with Gasteiger partial charge in [-0.1, -0.05) is 11.6 Å². The highest BCUT2D eigenvalue weighted by atomic mass is 16.5. The lowest BCUT2D eigenvalue weighted by molar-refractivity contribution is -0.137. The highest BCUT2D eigenvalue weighted by Gasteiger charge is 2.23. The van der Waals surface area contributed by atoms with Gasteiger partial charge in [0.05, 0.1) is 12.2 Å². The molecule has 5 heteroatoms. The lowest BCUT2D eigenvalue weighted by Crippen LogP contribution is -2.39. The van der Waals surface area contributed by atoms with Gasteiger partial charge in [0.25, 0.3) is 0 Å². The topological polar surface area (TPSA) is 66.6 Å². The average molecular weight is 252 g/mol. The van der Waals surface area contributed by atoms with Crippen molar-refractivity contribution in [2.24, 2.45) is 0 Å². The molecule has 0 aliphatic carbocycles. The van der Waals surface area contributed by atoms with Gasteiger partial charge in [-0.05, 0) is 32.7 Å². The molecule has 1 aromatic heterocycles. The number of aryl methyl sites for hydroxylation is 1. The third-order valence-electron chi connectivity index (χ3n) is 3.48. The van der Waals surface area contributed by atoms with Gasteiger partial charge < -0.3 is 9.63 Å². The summed E-state index contributed by atoms with van der Waals surface area (Å²) in [6, 6.07) is 2.31. The first-order valence-corrected chi connectivity index (χ1v) is 6.53. The molecule has 0 spiro atoms. The van der Waals surface area contributed by atoms with Gasteiger partial charge in [0, 0.05) is 18.5 Å². The van der Waals surface area contributed by atoms with Crippen molar-refractivity contribution in [2.75, 3.05) is 6.54 Å². The molecule has 1 unspecified atom stereocenters. The molecule has 1 atom stereocenters. The maximum atomic E-state index is 10.7. The summed E-state index contributed by atoms with van der Waals surface area (Å²) in [5, 5.41) is 12.7. The van der Waals surface area contributed by atoms with Gasteiger partial charge in [-0.15, -0.1) is 0 Å². The average Bonchev–Trinajstić information content (AvgIpc) is 2.73. The van der Waals surface area contributed by atoms with Gasteiger partial charge in [-0.2, -0.15) is 0 Å². The Morgan fingerprint density at radius 1 is 1.61 bits per heavy atom. The van der Waals surface area contributed by atoms with E-state index in [1.165, 1.54) is 12.8 Å². The van der Waals surface area contributed by atoms with E-state index in [1.54, 1.807) is 0 Å². The van der Waals surface area contributed by atoms with Crippen LogP contribution in [0.2, 0.25) is 0 Å². The van der Waals surface area contributed by atoms with Crippen LogP contribution in [-0.4, -0.2) is 33.7 Å². The van der Waals surface area contributed by atoms with Crippen LogP contribution in [0.25, 0.3) is 0 Å². The highest BCUT2D eigenvalue weighted by molar-refractivity contribution is 5.66. The van der Waals surface area contributed by atoms with Gasteiger partial charge in [-0.25, -0.2) is 0 Å². The van der Waals surface area contributed by atoms with E-state index in [9.17, 15) is 4.79 Å². The second kappa shape index (κ2) is 6.00. The van der Waals surface area contributed by atoms with E-state index in [0.29, 0.717) is 6.04 Å². The second-order valence-electron chi connectivity index (χ2n) is 4.99. The number of piperidine rings is 1. The van der Waals surface area contributed by atoms with Gasteiger partial charge in [-0.3, -0.25) is 9.69 Å². The molecule has 1 aliphatic rings. The predicted octanol–water partition coefficient (Wildman–Crippen LogP) is 2.20. The molecule has 1 aliphatic heterocycles. The molecule has 0 aromatic carbocycles. The van der Waals surface area contributed by atoms with Crippen molar-refractivity contribution in [2.45, 2.75) is 51.6 Å². The molecule has 2 rings (SSSR count). The molecule has 1 saturated heterocycles. The van der Waals surface area contributed by atoms with Crippen LogP contribution in [0.3, 0.4) is 0 Å². The van der Waals surface area contributed by atoms with Gasteiger partial charge in [0.1, 0.15) is 0 Å². The van der Waals surface area contributed by atoms with E-state index in [4.69, 9.17) is 9.63 Å². The molecule has 5 nitrogen and oxygen atoms in total. The molecule has 1 aromatic rings. The number of hydrogen-bond acceptors (Lipinski definition) is 4. The number of carbonyl (C=O) groups is 1. The number of hydrogen-bond donors (Lipinski definition) is 1. The van der Waals surface area contributed by atoms with Crippen LogP contribution >= 0.6 is 0 Å². The molecule has 18 heavy (non-hydrogen) atoms. The van der Waals surface area contributed by atoms with E-state index < -0.39 is 5.97 Å². The molecule has 100 valence electrons. The first-order chi connectivity index (χ1) is 8.65. The third-order valence-corrected chi connectivity index (χ3v) is 3.48. The number of nitrogens with zero attached hydrogens (tertiary/aromatic N) is 2. The smallest absolute Gasteiger partial charge is 0.303 e. The summed E-state index contributed by atoms with van der Waals surface area (Å²) in [7, 11) is 0. The lowest BCUT2D eigenvalue weighted by Gasteiger charge is -2.34. The number of aliphatic carboxylic acids is 1. The van der Waals surface area contributed by atoms with Crippen molar-refractivity contribution in [3.05, 3.63) is 17.5 Å². The molecule has 0 amide bonds. The first kappa shape index (κ1) is 13.1. The molecule has 0 saturated carbocycles. The Bertz CT molecular complexity index is 403. The van der Waals surface area contributed by atoms with Crippen molar-refractivity contribution in [3.8, 4) is 0 Å². The Hall–Kier alpha value is -1.36. The zero-order valence-corrected chi connectivity index (χ0v) is 10.8. The van der Waals surface area contributed by atoms with Crippen LogP contribution in [-0.2, 0) is 11.3 Å². The lowest BCUT2D eigenvalue weighted by atomic mass is 9.98. The summed E-state index contributed by atoms with van der Waals surface area (Å²) >= 11 is 0. The minimum atomic E-state index is -0.712. The number of likely N-dealkylation sites (tertiary alicyclic amines) is 1. The summed E-state index contributed by atoms with van der Waals surface area (Å²) in [5.74, 6) is 0.158.